The largest absolute Gasteiger partial charge is 0.0792 e. The van der Waals surface area contributed by atoms with E-state index in [1.807, 2.05) is 0 Å². The van der Waals surface area contributed by atoms with Gasteiger partial charge in [0.1, 0.15) is 0 Å². The average molecular weight is 226 g/mol. The second-order valence-corrected chi connectivity index (χ2v) is 5.12. The Kier molecular flexibility index (Phi) is 4.04. The maximum absolute atomic E-state index is 2.54. The van der Waals surface area contributed by atoms with Crippen LogP contribution in [0.1, 0.15) is 40.0 Å². The SMILES string of the molecule is CCC[C@](C)(I)CC. The average Bonchev–Trinajstić information content (AvgIpc) is 1.67. The predicted octanol–water partition coefficient (Wildman–Crippen LogP) is 3.39. The van der Waals surface area contributed by atoms with Crippen molar-refractivity contribution < 1.29 is 0 Å². The molecule has 0 fully saturated rings. The van der Waals surface area contributed by atoms with E-state index in [1.54, 1.807) is 0 Å². The van der Waals surface area contributed by atoms with Gasteiger partial charge in [-0.15, -0.1) is 0 Å². The number of alkyl halides is 1. The van der Waals surface area contributed by atoms with Crippen molar-refractivity contribution >= 4 is 22.6 Å². The summed E-state index contributed by atoms with van der Waals surface area (Å²) in [6.07, 6.45) is 3.96. The van der Waals surface area contributed by atoms with E-state index in [9.17, 15) is 0 Å². The quantitative estimate of drug-likeness (QED) is 0.511. The summed E-state index contributed by atoms with van der Waals surface area (Å²) in [5, 5.41) is 0. The van der Waals surface area contributed by atoms with Crippen molar-refractivity contribution in [1.29, 1.82) is 0 Å². The molecule has 0 aliphatic rings. The summed E-state index contributed by atoms with van der Waals surface area (Å²) in [6, 6.07) is 0. The molecule has 0 nitrogen and oxygen atoms in total. The lowest BCUT2D eigenvalue weighted by atomic mass is 10.0. The minimum atomic E-state index is 0.562. The molecular weight excluding hydrogens is 211 g/mol. The summed E-state index contributed by atoms with van der Waals surface area (Å²) in [4.78, 5) is 0. The molecule has 0 amide bonds. The van der Waals surface area contributed by atoms with Crippen molar-refractivity contribution in [3.05, 3.63) is 0 Å². The first kappa shape index (κ1) is 8.73. The van der Waals surface area contributed by atoms with Crippen LogP contribution in [0.3, 0.4) is 0 Å². The van der Waals surface area contributed by atoms with Gasteiger partial charge in [-0.3, -0.25) is 0 Å². The highest BCUT2D eigenvalue weighted by Crippen LogP contribution is 2.27. The molecule has 0 radical (unpaired) electrons. The number of rotatable bonds is 3. The summed E-state index contributed by atoms with van der Waals surface area (Å²) in [5.74, 6) is 0. The van der Waals surface area contributed by atoms with Crippen molar-refractivity contribution in [2.75, 3.05) is 0 Å². The molecule has 0 spiro atoms. The van der Waals surface area contributed by atoms with Gasteiger partial charge in [0.2, 0.25) is 0 Å². The fourth-order valence-electron chi connectivity index (χ4n) is 0.698. The molecule has 0 aromatic carbocycles. The molecule has 0 aliphatic carbocycles. The van der Waals surface area contributed by atoms with Crippen LogP contribution in [-0.2, 0) is 0 Å². The summed E-state index contributed by atoms with van der Waals surface area (Å²) < 4.78 is 0.562. The minimum Gasteiger partial charge on any atom is -0.0792 e. The summed E-state index contributed by atoms with van der Waals surface area (Å²) in [7, 11) is 0. The summed E-state index contributed by atoms with van der Waals surface area (Å²) >= 11 is 2.54. The van der Waals surface area contributed by atoms with Gasteiger partial charge in [0.05, 0.1) is 0 Å². The molecule has 8 heavy (non-hydrogen) atoms. The Morgan fingerprint density at radius 2 is 1.88 bits per heavy atom. The van der Waals surface area contributed by atoms with Gasteiger partial charge < -0.3 is 0 Å². The number of hydrogen-bond donors (Lipinski definition) is 0. The molecule has 0 rings (SSSR count). The van der Waals surface area contributed by atoms with E-state index in [1.165, 1.54) is 19.3 Å². The van der Waals surface area contributed by atoms with Crippen LogP contribution in [0, 0.1) is 0 Å². The van der Waals surface area contributed by atoms with E-state index < -0.39 is 0 Å². The molecule has 0 heterocycles. The predicted molar refractivity (Wildman–Crippen MR) is 47.6 cm³/mol. The third-order valence-corrected chi connectivity index (χ3v) is 2.81. The number of hydrogen-bond acceptors (Lipinski definition) is 0. The zero-order valence-corrected chi connectivity index (χ0v) is 8.16. The first-order chi connectivity index (χ1) is 3.62. The van der Waals surface area contributed by atoms with Gasteiger partial charge in [0.15, 0.2) is 0 Å². The second-order valence-electron chi connectivity index (χ2n) is 2.52. The maximum atomic E-state index is 2.54. The van der Waals surface area contributed by atoms with Crippen LogP contribution in [0.4, 0.5) is 0 Å². The van der Waals surface area contributed by atoms with Crippen molar-refractivity contribution in [2.24, 2.45) is 0 Å². The third kappa shape index (κ3) is 3.70. The molecule has 0 aromatic rings. The standard InChI is InChI=1S/C7H15I/c1-4-6-7(3,8)5-2/h4-6H2,1-3H3/t7-/m1/s1. The van der Waals surface area contributed by atoms with Crippen LogP contribution in [0.15, 0.2) is 0 Å². The fraction of sp³-hybridized carbons (Fsp3) is 1.00. The van der Waals surface area contributed by atoms with Crippen LogP contribution < -0.4 is 0 Å². The summed E-state index contributed by atoms with van der Waals surface area (Å²) in [6.45, 7) is 6.81. The summed E-state index contributed by atoms with van der Waals surface area (Å²) in [5.41, 5.74) is 0. The molecule has 0 saturated carbocycles. The van der Waals surface area contributed by atoms with Crippen LogP contribution in [-0.4, -0.2) is 3.42 Å². The van der Waals surface area contributed by atoms with E-state index in [-0.39, 0.29) is 0 Å². The lowest BCUT2D eigenvalue weighted by molar-refractivity contribution is 0.587. The lowest BCUT2D eigenvalue weighted by Crippen LogP contribution is -2.11. The van der Waals surface area contributed by atoms with E-state index in [0.29, 0.717) is 3.42 Å². The highest BCUT2D eigenvalue weighted by atomic mass is 127. The van der Waals surface area contributed by atoms with E-state index in [0.717, 1.165) is 0 Å². The Morgan fingerprint density at radius 1 is 1.38 bits per heavy atom. The Labute approximate surface area is 66.2 Å². The van der Waals surface area contributed by atoms with E-state index in [2.05, 4.69) is 43.4 Å². The normalized spacial score (nSPS) is 18.0. The van der Waals surface area contributed by atoms with Crippen molar-refractivity contribution in [3.8, 4) is 0 Å². The fourth-order valence-corrected chi connectivity index (χ4v) is 1.24. The van der Waals surface area contributed by atoms with Gasteiger partial charge in [-0.1, -0.05) is 49.8 Å². The van der Waals surface area contributed by atoms with Crippen LogP contribution in [0.5, 0.6) is 0 Å². The van der Waals surface area contributed by atoms with Crippen molar-refractivity contribution in [1.82, 2.24) is 0 Å². The molecule has 0 N–H and O–H groups in total. The van der Waals surface area contributed by atoms with Gasteiger partial charge in [-0.2, -0.15) is 0 Å². The zero-order chi connectivity index (χ0) is 6.62. The van der Waals surface area contributed by atoms with Crippen LogP contribution in [0.2, 0.25) is 0 Å². The highest BCUT2D eigenvalue weighted by molar-refractivity contribution is 14.1. The van der Waals surface area contributed by atoms with E-state index in [4.69, 9.17) is 0 Å². The van der Waals surface area contributed by atoms with Crippen LogP contribution >= 0.6 is 22.6 Å². The molecule has 50 valence electrons. The van der Waals surface area contributed by atoms with Crippen molar-refractivity contribution in [2.45, 2.75) is 43.5 Å². The first-order valence-corrected chi connectivity index (χ1v) is 4.39. The maximum Gasteiger partial charge on any atom is 0.0191 e. The van der Waals surface area contributed by atoms with Gasteiger partial charge >= 0.3 is 0 Å². The Morgan fingerprint density at radius 3 is 2.00 bits per heavy atom. The molecule has 0 aromatic heterocycles. The second kappa shape index (κ2) is 3.70. The monoisotopic (exact) mass is 226 g/mol. The molecule has 1 atom stereocenters. The molecule has 0 bridgehead atoms. The molecular formula is C7H15I. The van der Waals surface area contributed by atoms with Gasteiger partial charge in [-0.25, -0.2) is 0 Å². The molecule has 1 heteroatoms. The first-order valence-electron chi connectivity index (χ1n) is 3.31. The van der Waals surface area contributed by atoms with Gasteiger partial charge in [0.25, 0.3) is 0 Å². The minimum absolute atomic E-state index is 0.562. The molecule has 0 unspecified atom stereocenters. The Bertz CT molecular complexity index is 57.4. The van der Waals surface area contributed by atoms with Crippen molar-refractivity contribution in [3.63, 3.8) is 0 Å². The molecule has 0 aliphatic heterocycles. The topological polar surface area (TPSA) is 0 Å². The number of halogens is 1. The lowest BCUT2D eigenvalue weighted by Gasteiger charge is -2.18. The molecule has 0 saturated heterocycles. The van der Waals surface area contributed by atoms with Gasteiger partial charge in [0, 0.05) is 3.42 Å². The smallest absolute Gasteiger partial charge is 0.0191 e. The Hall–Kier alpha value is 0.730. The highest BCUT2D eigenvalue weighted by Gasteiger charge is 2.14. The van der Waals surface area contributed by atoms with Crippen LogP contribution in [0.25, 0.3) is 0 Å². The van der Waals surface area contributed by atoms with E-state index >= 15 is 0 Å². The Balaban J connectivity index is 3.37. The third-order valence-electron chi connectivity index (χ3n) is 1.51. The van der Waals surface area contributed by atoms with Gasteiger partial charge in [-0.05, 0) is 12.8 Å². The zero-order valence-electron chi connectivity index (χ0n) is 6.00.